The largest absolute Gasteiger partial charge is 0.449 e. The number of fused-ring (bicyclic) bond motifs is 1. The van der Waals surface area contributed by atoms with Crippen LogP contribution >= 0.6 is 11.3 Å². The maximum Gasteiger partial charge on any atom is 0.410 e. The Kier molecular flexibility index (Phi) is 7.33. The van der Waals surface area contributed by atoms with Crippen LogP contribution in [0.3, 0.4) is 0 Å². The zero-order chi connectivity index (χ0) is 23.0. The van der Waals surface area contributed by atoms with Crippen molar-refractivity contribution in [1.29, 1.82) is 5.26 Å². The molecule has 3 heterocycles. The quantitative estimate of drug-likeness (QED) is 0.566. The second kappa shape index (κ2) is 10.7. The van der Waals surface area contributed by atoms with E-state index in [-0.39, 0.29) is 12.0 Å². The summed E-state index contributed by atoms with van der Waals surface area (Å²) in [6, 6.07) is 15.8. The van der Waals surface area contributed by atoms with Gasteiger partial charge in [0, 0.05) is 36.7 Å². The molecule has 7 nitrogen and oxygen atoms in total. The molecule has 1 aliphatic rings. The third-order valence-corrected chi connectivity index (χ3v) is 6.66. The van der Waals surface area contributed by atoms with Crippen LogP contribution in [0.4, 0.5) is 9.80 Å². The van der Waals surface area contributed by atoms with Crippen LogP contribution in [0.15, 0.2) is 54.9 Å². The van der Waals surface area contributed by atoms with E-state index < -0.39 is 0 Å². The Morgan fingerprint density at radius 1 is 1.12 bits per heavy atom. The van der Waals surface area contributed by atoms with Crippen molar-refractivity contribution in [2.24, 2.45) is 0 Å². The lowest BCUT2D eigenvalue weighted by molar-refractivity contribution is -0.116. The molecule has 1 aliphatic heterocycles. The third-order valence-electron chi connectivity index (χ3n) is 5.53. The van der Waals surface area contributed by atoms with E-state index in [4.69, 9.17) is 4.74 Å². The molecule has 0 aliphatic carbocycles. The first kappa shape index (κ1) is 22.5. The van der Waals surface area contributed by atoms with E-state index in [1.807, 2.05) is 42.5 Å². The summed E-state index contributed by atoms with van der Waals surface area (Å²) in [5.74, 6) is -0.124. The summed E-state index contributed by atoms with van der Waals surface area (Å²) in [6.07, 6.45) is 5.23. The van der Waals surface area contributed by atoms with Gasteiger partial charge in [0.05, 0.1) is 18.7 Å². The zero-order valence-corrected chi connectivity index (χ0v) is 18.9. The minimum Gasteiger partial charge on any atom is -0.449 e. The van der Waals surface area contributed by atoms with Gasteiger partial charge in [0.1, 0.15) is 11.1 Å². The molecule has 0 unspecified atom stereocenters. The first-order chi connectivity index (χ1) is 16.1. The summed E-state index contributed by atoms with van der Waals surface area (Å²) >= 11 is 1.37. The Morgan fingerprint density at radius 3 is 2.64 bits per heavy atom. The van der Waals surface area contributed by atoms with Crippen molar-refractivity contribution in [2.75, 3.05) is 18.5 Å². The molecule has 168 valence electrons. The average molecular weight is 461 g/mol. The number of nitrogens with zero attached hydrogens (tertiary/aromatic N) is 3. The molecular formula is C25H24N4O3S. The van der Waals surface area contributed by atoms with Gasteiger partial charge in [-0.05, 0) is 41.7 Å². The zero-order valence-electron chi connectivity index (χ0n) is 18.1. The van der Waals surface area contributed by atoms with Crippen LogP contribution in [-0.4, -0.2) is 35.0 Å². The topological polar surface area (TPSA) is 95.3 Å². The first-order valence-electron chi connectivity index (χ1n) is 10.8. The van der Waals surface area contributed by atoms with Crippen LogP contribution in [0.25, 0.3) is 0 Å². The highest BCUT2D eigenvalue weighted by atomic mass is 32.1. The van der Waals surface area contributed by atoms with E-state index in [1.54, 1.807) is 17.3 Å². The standard InChI is InChI=1S/C25H24N4O3S/c26-16-21-20-10-14-29(25(31)32-15-11-19-8-12-27-13-9-19)17-22(20)33-24(21)28-23(30)7-6-18-4-2-1-3-5-18/h1-5,8-9,12-13H,6-7,10-11,14-15,17H2,(H,28,30). The lowest BCUT2D eigenvalue weighted by atomic mass is 10.0. The molecule has 0 saturated heterocycles. The van der Waals surface area contributed by atoms with Crippen molar-refractivity contribution in [2.45, 2.75) is 32.2 Å². The molecule has 1 N–H and O–H groups in total. The van der Waals surface area contributed by atoms with Crippen LogP contribution in [-0.2, 0) is 35.3 Å². The van der Waals surface area contributed by atoms with Crippen molar-refractivity contribution < 1.29 is 14.3 Å². The summed E-state index contributed by atoms with van der Waals surface area (Å²) in [4.78, 5) is 31.5. The second-order valence-corrected chi connectivity index (χ2v) is 8.85. The number of rotatable bonds is 7. The lowest BCUT2D eigenvalue weighted by Gasteiger charge is -2.26. The predicted molar refractivity (Wildman–Crippen MR) is 126 cm³/mol. The predicted octanol–water partition coefficient (Wildman–Crippen LogP) is 4.32. The van der Waals surface area contributed by atoms with Gasteiger partial charge < -0.3 is 15.0 Å². The molecular weight excluding hydrogens is 436 g/mol. The normalized spacial score (nSPS) is 12.5. The number of nitriles is 1. The summed E-state index contributed by atoms with van der Waals surface area (Å²) in [5, 5.41) is 13.1. The number of carbonyl (C=O) groups is 2. The smallest absolute Gasteiger partial charge is 0.410 e. The first-order valence-corrected chi connectivity index (χ1v) is 11.6. The van der Waals surface area contributed by atoms with Crippen molar-refractivity contribution in [3.8, 4) is 6.07 Å². The van der Waals surface area contributed by atoms with Crippen molar-refractivity contribution >= 4 is 28.3 Å². The molecule has 8 heteroatoms. The number of thiophene rings is 1. The molecule has 0 spiro atoms. The third kappa shape index (κ3) is 5.76. The van der Waals surface area contributed by atoms with Crippen LogP contribution in [0, 0.1) is 11.3 Å². The summed E-state index contributed by atoms with van der Waals surface area (Å²) in [7, 11) is 0. The molecule has 4 rings (SSSR count). The van der Waals surface area contributed by atoms with E-state index in [1.165, 1.54) is 11.3 Å². The number of nitrogens with one attached hydrogen (secondary N) is 1. The number of aryl methyl sites for hydroxylation is 1. The number of carbonyl (C=O) groups excluding carboxylic acids is 2. The molecule has 0 atom stereocenters. The van der Waals surface area contributed by atoms with Gasteiger partial charge in [0.2, 0.25) is 5.91 Å². The molecule has 0 bridgehead atoms. The summed E-state index contributed by atoms with van der Waals surface area (Å²) in [5.41, 5.74) is 3.58. The Morgan fingerprint density at radius 2 is 1.88 bits per heavy atom. The van der Waals surface area contributed by atoms with Gasteiger partial charge in [-0.1, -0.05) is 30.3 Å². The summed E-state index contributed by atoms with van der Waals surface area (Å²) < 4.78 is 5.44. The lowest BCUT2D eigenvalue weighted by Crippen LogP contribution is -2.36. The maximum absolute atomic E-state index is 12.5. The van der Waals surface area contributed by atoms with Crippen molar-refractivity contribution in [3.05, 3.63) is 82.0 Å². The molecule has 2 amide bonds. The number of hydrogen-bond acceptors (Lipinski definition) is 6. The van der Waals surface area contributed by atoms with Gasteiger partial charge in [-0.3, -0.25) is 9.78 Å². The number of benzene rings is 1. The number of anilines is 1. The van der Waals surface area contributed by atoms with Crippen LogP contribution in [0.1, 0.15) is 33.6 Å². The average Bonchev–Trinajstić information content (AvgIpc) is 3.20. The SMILES string of the molecule is N#Cc1c(NC(=O)CCc2ccccc2)sc2c1CCN(C(=O)OCCc1ccncc1)C2. The van der Waals surface area contributed by atoms with Gasteiger partial charge in [-0.2, -0.15) is 5.26 Å². The highest BCUT2D eigenvalue weighted by molar-refractivity contribution is 7.16. The van der Waals surface area contributed by atoms with E-state index in [0.29, 0.717) is 55.9 Å². The van der Waals surface area contributed by atoms with Crippen LogP contribution in [0.5, 0.6) is 0 Å². The number of pyridine rings is 1. The van der Waals surface area contributed by atoms with Crippen LogP contribution < -0.4 is 5.32 Å². The Balaban J connectivity index is 1.33. The number of hydrogen-bond donors (Lipinski definition) is 1. The number of amides is 2. The van der Waals surface area contributed by atoms with E-state index in [2.05, 4.69) is 16.4 Å². The fourth-order valence-electron chi connectivity index (χ4n) is 3.75. The van der Waals surface area contributed by atoms with Crippen molar-refractivity contribution in [1.82, 2.24) is 9.88 Å². The molecule has 0 saturated carbocycles. The van der Waals surface area contributed by atoms with Gasteiger partial charge in [-0.25, -0.2) is 4.79 Å². The van der Waals surface area contributed by atoms with Crippen molar-refractivity contribution in [3.63, 3.8) is 0 Å². The molecule has 33 heavy (non-hydrogen) atoms. The fraction of sp³-hybridized carbons (Fsp3) is 0.280. The number of ether oxygens (including phenoxy) is 1. The van der Waals surface area contributed by atoms with Gasteiger partial charge >= 0.3 is 6.09 Å². The highest BCUT2D eigenvalue weighted by Crippen LogP contribution is 2.37. The van der Waals surface area contributed by atoms with Crippen LogP contribution in [0.2, 0.25) is 0 Å². The number of aromatic nitrogens is 1. The minimum atomic E-state index is -0.366. The molecule has 0 fully saturated rings. The Hall–Kier alpha value is -3.70. The van der Waals surface area contributed by atoms with E-state index >= 15 is 0 Å². The summed E-state index contributed by atoms with van der Waals surface area (Å²) in [6.45, 7) is 1.15. The van der Waals surface area contributed by atoms with Gasteiger partial charge in [-0.15, -0.1) is 11.3 Å². The fourth-order valence-corrected chi connectivity index (χ4v) is 4.98. The molecule has 1 aromatic carbocycles. The Labute approximate surface area is 196 Å². The van der Waals surface area contributed by atoms with E-state index in [0.717, 1.165) is 21.6 Å². The van der Waals surface area contributed by atoms with Gasteiger partial charge in [0.25, 0.3) is 0 Å². The molecule has 0 radical (unpaired) electrons. The molecule has 2 aromatic heterocycles. The maximum atomic E-state index is 12.5. The Bertz CT molecular complexity index is 1160. The second-order valence-electron chi connectivity index (χ2n) is 7.74. The monoisotopic (exact) mass is 460 g/mol. The highest BCUT2D eigenvalue weighted by Gasteiger charge is 2.28. The van der Waals surface area contributed by atoms with E-state index in [9.17, 15) is 14.9 Å². The minimum absolute atomic E-state index is 0.124. The molecule has 3 aromatic rings. The van der Waals surface area contributed by atoms with Gasteiger partial charge in [0.15, 0.2) is 0 Å².